The Morgan fingerprint density at radius 1 is 1.15 bits per heavy atom. The van der Waals surface area contributed by atoms with Gasteiger partial charge in [0, 0.05) is 18.2 Å². The van der Waals surface area contributed by atoms with Crippen LogP contribution in [0.2, 0.25) is 0 Å². The highest BCUT2D eigenvalue weighted by molar-refractivity contribution is 5.92. The molecule has 0 aliphatic carbocycles. The average molecular weight is 356 g/mol. The molecule has 0 heterocycles. The summed E-state index contributed by atoms with van der Waals surface area (Å²) in [5, 5.41) is 13.6. The largest absolute Gasteiger partial charge is 0.493 e. The molecule has 0 fully saturated rings. The van der Waals surface area contributed by atoms with Crippen LogP contribution in [0.4, 0.5) is 5.69 Å². The number of nitrogens with zero attached hydrogens (tertiary/aromatic N) is 1. The van der Waals surface area contributed by atoms with Gasteiger partial charge in [-0.05, 0) is 36.3 Å². The van der Waals surface area contributed by atoms with Crippen molar-refractivity contribution in [2.45, 2.75) is 13.0 Å². The number of carbonyl (C=O) groups excluding carboxylic acids is 1. The Morgan fingerprint density at radius 3 is 2.54 bits per heavy atom. The Bertz CT molecular complexity index is 832. The Morgan fingerprint density at radius 2 is 1.88 bits per heavy atom. The summed E-state index contributed by atoms with van der Waals surface area (Å²) in [5.74, 6) is 0.886. The van der Waals surface area contributed by atoms with Gasteiger partial charge in [-0.3, -0.25) is 14.9 Å². The van der Waals surface area contributed by atoms with Crippen LogP contribution in [0.3, 0.4) is 0 Å². The second-order valence-electron chi connectivity index (χ2n) is 5.53. The molecule has 0 bridgehead atoms. The molecule has 1 amide bonds. The van der Waals surface area contributed by atoms with E-state index >= 15 is 0 Å². The molecule has 0 saturated carbocycles. The number of hydrogen-bond donors (Lipinski definition) is 1. The highest BCUT2D eigenvalue weighted by Crippen LogP contribution is 2.29. The van der Waals surface area contributed by atoms with E-state index in [0.29, 0.717) is 17.1 Å². The molecule has 0 radical (unpaired) electrons. The molecule has 2 aromatic carbocycles. The maximum Gasteiger partial charge on any atom is 0.270 e. The third kappa shape index (κ3) is 4.83. The van der Waals surface area contributed by atoms with Gasteiger partial charge in [0.1, 0.15) is 0 Å². The lowest BCUT2D eigenvalue weighted by molar-refractivity contribution is -0.384. The van der Waals surface area contributed by atoms with E-state index in [-0.39, 0.29) is 17.6 Å². The lowest BCUT2D eigenvalue weighted by Gasteiger charge is -2.15. The van der Waals surface area contributed by atoms with Crippen molar-refractivity contribution in [3.8, 4) is 11.5 Å². The minimum atomic E-state index is -0.476. The van der Waals surface area contributed by atoms with Crippen LogP contribution in [0.1, 0.15) is 24.1 Å². The van der Waals surface area contributed by atoms with Crippen molar-refractivity contribution in [1.82, 2.24) is 5.32 Å². The predicted octanol–water partition coefficient (Wildman–Crippen LogP) is 3.50. The van der Waals surface area contributed by atoms with Crippen LogP contribution in [0.5, 0.6) is 11.5 Å². The maximum absolute atomic E-state index is 12.1. The fourth-order valence-electron chi connectivity index (χ4n) is 2.38. The van der Waals surface area contributed by atoms with Crippen LogP contribution in [-0.4, -0.2) is 25.1 Å². The summed E-state index contributed by atoms with van der Waals surface area (Å²) in [7, 11) is 3.11. The van der Waals surface area contributed by atoms with E-state index in [1.165, 1.54) is 24.3 Å². The number of hydrogen-bond acceptors (Lipinski definition) is 5. The van der Waals surface area contributed by atoms with Crippen molar-refractivity contribution in [3.05, 3.63) is 69.8 Å². The minimum Gasteiger partial charge on any atom is -0.493 e. The Kier molecular flexibility index (Phi) is 6.32. The van der Waals surface area contributed by atoms with Crippen LogP contribution in [0.15, 0.2) is 48.5 Å². The lowest BCUT2D eigenvalue weighted by atomic mass is 10.1. The molecular formula is C19H20N2O5. The standard InChI is InChI=1S/C19H20N2O5/c1-13(15-8-9-17(25-2)18(12-15)26-3)20-19(22)10-7-14-5-4-6-16(11-14)21(23)24/h4-13H,1-3H3,(H,20,22)/b10-7+/t13-/m1/s1. The van der Waals surface area contributed by atoms with Gasteiger partial charge in [-0.15, -0.1) is 0 Å². The number of nitro groups is 1. The molecule has 0 unspecified atom stereocenters. The second kappa shape index (κ2) is 8.66. The highest BCUT2D eigenvalue weighted by atomic mass is 16.6. The van der Waals surface area contributed by atoms with Gasteiger partial charge >= 0.3 is 0 Å². The van der Waals surface area contributed by atoms with E-state index in [4.69, 9.17) is 9.47 Å². The van der Waals surface area contributed by atoms with Crippen molar-refractivity contribution in [2.75, 3.05) is 14.2 Å². The van der Waals surface area contributed by atoms with Gasteiger partial charge in [-0.25, -0.2) is 0 Å². The number of rotatable bonds is 7. The fraction of sp³-hybridized carbons (Fsp3) is 0.211. The number of ether oxygens (including phenoxy) is 2. The van der Waals surface area contributed by atoms with Crippen molar-refractivity contribution in [1.29, 1.82) is 0 Å². The molecule has 0 aromatic heterocycles. The average Bonchev–Trinajstić information content (AvgIpc) is 2.65. The Labute approximate surface area is 151 Å². The molecular weight excluding hydrogens is 336 g/mol. The Hall–Kier alpha value is -3.35. The fourth-order valence-corrected chi connectivity index (χ4v) is 2.38. The molecule has 136 valence electrons. The van der Waals surface area contributed by atoms with Crippen LogP contribution >= 0.6 is 0 Å². The summed E-state index contributed by atoms with van der Waals surface area (Å²) >= 11 is 0. The summed E-state index contributed by atoms with van der Waals surface area (Å²) in [4.78, 5) is 22.4. The Balaban J connectivity index is 2.05. The van der Waals surface area contributed by atoms with E-state index in [0.717, 1.165) is 5.56 Å². The van der Waals surface area contributed by atoms with E-state index < -0.39 is 4.92 Å². The third-order valence-electron chi connectivity index (χ3n) is 3.77. The topological polar surface area (TPSA) is 90.7 Å². The summed E-state index contributed by atoms with van der Waals surface area (Å²) in [6.45, 7) is 1.85. The summed E-state index contributed by atoms with van der Waals surface area (Å²) < 4.78 is 10.5. The zero-order chi connectivity index (χ0) is 19.1. The monoisotopic (exact) mass is 356 g/mol. The zero-order valence-corrected chi connectivity index (χ0v) is 14.8. The quantitative estimate of drug-likeness (QED) is 0.466. The normalized spacial score (nSPS) is 11.8. The van der Waals surface area contributed by atoms with Crippen LogP contribution in [0.25, 0.3) is 6.08 Å². The van der Waals surface area contributed by atoms with Gasteiger partial charge in [-0.1, -0.05) is 18.2 Å². The molecule has 0 aliphatic rings. The molecule has 2 aromatic rings. The van der Waals surface area contributed by atoms with Crippen LogP contribution < -0.4 is 14.8 Å². The van der Waals surface area contributed by atoms with Crippen LogP contribution in [-0.2, 0) is 4.79 Å². The molecule has 7 heteroatoms. The second-order valence-corrected chi connectivity index (χ2v) is 5.53. The number of methoxy groups -OCH3 is 2. The number of benzene rings is 2. The van der Waals surface area contributed by atoms with E-state index in [9.17, 15) is 14.9 Å². The number of nitro benzene ring substituents is 1. The molecule has 26 heavy (non-hydrogen) atoms. The molecule has 0 saturated heterocycles. The van der Waals surface area contributed by atoms with Crippen LogP contribution in [0, 0.1) is 10.1 Å². The summed E-state index contributed by atoms with van der Waals surface area (Å²) in [6.07, 6.45) is 2.87. The zero-order valence-electron chi connectivity index (χ0n) is 14.8. The lowest BCUT2D eigenvalue weighted by Crippen LogP contribution is -2.24. The third-order valence-corrected chi connectivity index (χ3v) is 3.77. The van der Waals surface area contributed by atoms with E-state index in [1.807, 2.05) is 13.0 Å². The van der Waals surface area contributed by atoms with E-state index in [1.54, 1.807) is 38.5 Å². The van der Waals surface area contributed by atoms with Gasteiger partial charge in [0.15, 0.2) is 11.5 Å². The molecule has 0 aliphatic heterocycles. The van der Waals surface area contributed by atoms with Crippen molar-refractivity contribution >= 4 is 17.7 Å². The van der Waals surface area contributed by atoms with Gasteiger partial charge in [0.25, 0.3) is 5.69 Å². The summed E-state index contributed by atoms with van der Waals surface area (Å²) in [5.41, 5.74) is 1.42. The predicted molar refractivity (Wildman–Crippen MR) is 98.2 cm³/mol. The van der Waals surface area contributed by atoms with Crippen molar-refractivity contribution in [2.24, 2.45) is 0 Å². The molecule has 2 rings (SSSR count). The van der Waals surface area contributed by atoms with Gasteiger partial charge in [-0.2, -0.15) is 0 Å². The number of amides is 1. The minimum absolute atomic E-state index is 0.0220. The number of carbonyl (C=O) groups is 1. The number of non-ortho nitro benzene ring substituents is 1. The van der Waals surface area contributed by atoms with Gasteiger partial charge in [0.2, 0.25) is 5.91 Å². The smallest absolute Gasteiger partial charge is 0.270 e. The molecule has 1 N–H and O–H groups in total. The number of nitrogens with one attached hydrogen (secondary N) is 1. The first-order valence-electron chi connectivity index (χ1n) is 7.89. The van der Waals surface area contributed by atoms with Crippen molar-refractivity contribution in [3.63, 3.8) is 0 Å². The van der Waals surface area contributed by atoms with E-state index in [2.05, 4.69) is 5.32 Å². The van der Waals surface area contributed by atoms with Gasteiger partial charge in [0.05, 0.1) is 25.2 Å². The molecule has 7 nitrogen and oxygen atoms in total. The SMILES string of the molecule is COc1ccc([C@@H](C)NC(=O)/C=C/c2cccc([N+](=O)[O-])c2)cc1OC. The van der Waals surface area contributed by atoms with Gasteiger partial charge < -0.3 is 14.8 Å². The first kappa shape index (κ1) is 19.0. The molecule has 1 atom stereocenters. The maximum atomic E-state index is 12.1. The highest BCUT2D eigenvalue weighted by Gasteiger charge is 2.11. The van der Waals surface area contributed by atoms with Crippen molar-refractivity contribution < 1.29 is 19.2 Å². The first-order chi connectivity index (χ1) is 12.4. The molecule has 0 spiro atoms. The summed E-state index contributed by atoms with van der Waals surface area (Å²) in [6, 6.07) is 11.2. The first-order valence-corrected chi connectivity index (χ1v) is 7.89.